The van der Waals surface area contributed by atoms with Crippen LogP contribution < -0.4 is 10.1 Å². The standard InChI is InChI=1S/C26H18FI2N3O2S/c27-18-7-5-15(6-8-18)14-34-24-21(28)10-16(11-22(24)29)9-17(12-30)25(33)32-26-20(13-31)19-3-1-2-4-23(19)35-26/h5-11H,1-4,14H2,(H,32,33)/b17-9+. The van der Waals surface area contributed by atoms with E-state index in [1.807, 2.05) is 18.2 Å². The van der Waals surface area contributed by atoms with Gasteiger partial charge in [0.15, 0.2) is 0 Å². The summed E-state index contributed by atoms with van der Waals surface area (Å²) in [6, 6.07) is 14.0. The Bertz CT molecular complexity index is 1380. The summed E-state index contributed by atoms with van der Waals surface area (Å²) in [6.45, 7) is 0.291. The van der Waals surface area contributed by atoms with Gasteiger partial charge in [-0.25, -0.2) is 4.39 Å². The number of ether oxygens (including phenoxy) is 1. The highest BCUT2D eigenvalue weighted by Gasteiger charge is 2.23. The van der Waals surface area contributed by atoms with Crippen molar-refractivity contribution in [1.82, 2.24) is 0 Å². The van der Waals surface area contributed by atoms with Crippen LogP contribution in [0.2, 0.25) is 0 Å². The average Bonchev–Trinajstić information content (AvgIpc) is 3.19. The number of carbonyl (C=O) groups is 1. The minimum Gasteiger partial charge on any atom is -0.487 e. The van der Waals surface area contributed by atoms with E-state index in [1.54, 1.807) is 12.1 Å². The number of halogens is 3. The van der Waals surface area contributed by atoms with E-state index < -0.39 is 5.91 Å². The lowest BCUT2D eigenvalue weighted by Crippen LogP contribution is -2.13. The molecule has 1 aliphatic carbocycles. The maximum Gasteiger partial charge on any atom is 0.266 e. The zero-order valence-corrected chi connectivity index (χ0v) is 23.5. The molecule has 35 heavy (non-hydrogen) atoms. The van der Waals surface area contributed by atoms with Crippen LogP contribution in [0.4, 0.5) is 9.39 Å². The topological polar surface area (TPSA) is 85.9 Å². The van der Waals surface area contributed by atoms with Crippen LogP contribution in [0, 0.1) is 35.6 Å². The molecular formula is C26H18FI2N3O2S. The Labute approximate surface area is 233 Å². The molecule has 3 aromatic rings. The number of nitrogens with zero attached hydrogens (tertiary/aromatic N) is 2. The van der Waals surface area contributed by atoms with Crippen molar-refractivity contribution in [2.45, 2.75) is 32.3 Å². The van der Waals surface area contributed by atoms with Crippen LogP contribution in [0.3, 0.4) is 0 Å². The van der Waals surface area contributed by atoms with Gasteiger partial charge in [-0.1, -0.05) is 12.1 Å². The van der Waals surface area contributed by atoms with Crippen molar-refractivity contribution in [1.29, 1.82) is 10.5 Å². The molecule has 0 spiro atoms. The number of benzene rings is 2. The lowest BCUT2D eigenvalue weighted by atomic mass is 9.96. The first-order valence-electron chi connectivity index (χ1n) is 10.7. The molecule has 0 bridgehead atoms. The summed E-state index contributed by atoms with van der Waals surface area (Å²) in [6.07, 6.45) is 5.41. The Balaban J connectivity index is 1.52. The number of rotatable bonds is 6. The van der Waals surface area contributed by atoms with Gasteiger partial charge >= 0.3 is 0 Å². The fraction of sp³-hybridized carbons (Fsp3) is 0.192. The van der Waals surface area contributed by atoms with Crippen LogP contribution in [0.25, 0.3) is 6.08 Å². The summed E-state index contributed by atoms with van der Waals surface area (Å²) in [5, 5.41) is 22.6. The first-order chi connectivity index (χ1) is 16.9. The van der Waals surface area contributed by atoms with Gasteiger partial charge in [0, 0.05) is 4.88 Å². The normalized spacial score (nSPS) is 12.9. The highest BCUT2D eigenvalue weighted by Crippen LogP contribution is 2.38. The van der Waals surface area contributed by atoms with Crippen LogP contribution in [0.15, 0.2) is 42.0 Å². The summed E-state index contributed by atoms with van der Waals surface area (Å²) < 4.78 is 20.7. The van der Waals surface area contributed by atoms with Gasteiger partial charge in [-0.05, 0) is 118 Å². The molecule has 5 nitrogen and oxygen atoms in total. The minimum atomic E-state index is -0.538. The summed E-state index contributed by atoms with van der Waals surface area (Å²) in [5.41, 5.74) is 3.03. The third kappa shape index (κ3) is 6.02. The third-order valence-electron chi connectivity index (χ3n) is 5.50. The number of fused-ring (bicyclic) bond motifs is 1. The van der Waals surface area contributed by atoms with Gasteiger partial charge in [0.25, 0.3) is 5.91 Å². The highest BCUT2D eigenvalue weighted by atomic mass is 127. The van der Waals surface area contributed by atoms with Crippen molar-refractivity contribution in [2.24, 2.45) is 0 Å². The number of nitriles is 2. The van der Waals surface area contributed by atoms with Crippen LogP contribution in [0.1, 0.15) is 40.0 Å². The number of amides is 1. The minimum absolute atomic E-state index is 0.0492. The molecule has 1 amide bonds. The Hall–Kier alpha value is -2.48. The number of hydrogen-bond acceptors (Lipinski definition) is 5. The lowest BCUT2D eigenvalue weighted by molar-refractivity contribution is -0.112. The van der Waals surface area contributed by atoms with E-state index in [2.05, 4.69) is 56.6 Å². The molecule has 2 aromatic carbocycles. The fourth-order valence-corrected chi connectivity index (χ4v) is 7.16. The number of nitrogens with one attached hydrogen (secondary N) is 1. The molecule has 0 fully saturated rings. The number of aryl methyl sites for hydroxylation is 1. The van der Waals surface area contributed by atoms with Crippen molar-refractivity contribution in [3.63, 3.8) is 0 Å². The first kappa shape index (κ1) is 25.6. The van der Waals surface area contributed by atoms with Gasteiger partial charge in [0.2, 0.25) is 0 Å². The fourth-order valence-electron chi connectivity index (χ4n) is 3.79. The Morgan fingerprint density at radius 2 is 1.83 bits per heavy atom. The summed E-state index contributed by atoms with van der Waals surface area (Å²) in [7, 11) is 0. The maximum absolute atomic E-state index is 13.1. The number of carbonyl (C=O) groups excluding carboxylic acids is 1. The van der Waals surface area contributed by atoms with Crippen molar-refractivity contribution in [2.75, 3.05) is 5.32 Å². The van der Waals surface area contributed by atoms with Gasteiger partial charge in [-0.3, -0.25) is 4.79 Å². The van der Waals surface area contributed by atoms with Crippen molar-refractivity contribution in [3.05, 3.63) is 82.1 Å². The van der Waals surface area contributed by atoms with Gasteiger partial charge < -0.3 is 10.1 Å². The van der Waals surface area contributed by atoms with Crippen molar-refractivity contribution in [3.8, 4) is 17.9 Å². The first-order valence-corrected chi connectivity index (χ1v) is 13.7. The van der Waals surface area contributed by atoms with Gasteiger partial charge in [-0.2, -0.15) is 10.5 Å². The molecule has 1 aliphatic rings. The van der Waals surface area contributed by atoms with E-state index in [9.17, 15) is 19.7 Å². The second kappa shape index (κ2) is 11.5. The van der Waals surface area contributed by atoms with Crippen LogP contribution >= 0.6 is 56.5 Å². The molecule has 0 radical (unpaired) electrons. The van der Waals surface area contributed by atoms with E-state index in [-0.39, 0.29) is 11.4 Å². The molecule has 1 aromatic heterocycles. The zero-order valence-electron chi connectivity index (χ0n) is 18.3. The predicted molar refractivity (Wildman–Crippen MR) is 151 cm³/mol. The summed E-state index contributed by atoms with van der Waals surface area (Å²) in [4.78, 5) is 14.0. The Morgan fingerprint density at radius 3 is 2.49 bits per heavy atom. The number of thiophene rings is 1. The van der Waals surface area contributed by atoms with E-state index in [0.717, 1.165) is 48.8 Å². The Kier molecular flexibility index (Phi) is 8.42. The van der Waals surface area contributed by atoms with E-state index in [1.165, 1.54) is 29.5 Å². The molecule has 1 heterocycles. The van der Waals surface area contributed by atoms with Crippen LogP contribution in [-0.2, 0) is 24.2 Å². The van der Waals surface area contributed by atoms with Crippen molar-refractivity contribution >= 4 is 73.5 Å². The van der Waals surface area contributed by atoms with Crippen LogP contribution in [-0.4, -0.2) is 5.91 Å². The molecule has 0 saturated carbocycles. The predicted octanol–water partition coefficient (Wildman–Crippen LogP) is 6.97. The number of hydrogen-bond donors (Lipinski definition) is 1. The highest BCUT2D eigenvalue weighted by molar-refractivity contribution is 14.1. The van der Waals surface area contributed by atoms with E-state index >= 15 is 0 Å². The molecule has 0 atom stereocenters. The molecular weight excluding hydrogens is 691 g/mol. The number of anilines is 1. The van der Waals surface area contributed by atoms with Gasteiger partial charge in [-0.15, -0.1) is 11.3 Å². The molecule has 9 heteroatoms. The quantitative estimate of drug-likeness (QED) is 0.170. The smallest absolute Gasteiger partial charge is 0.266 e. The second-order valence-corrected chi connectivity index (χ2v) is 11.3. The molecule has 4 rings (SSSR count). The van der Waals surface area contributed by atoms with Crippen molar-refractivity contribution < 1.29 is 13.9 Å². The van der Waals surface area contributed by atoms with E-state index in [0.29, 0.717) is 28.5 Å². The average molecular weight is 709 g/mol. The summed E-state index contributed by atoms with van der Waals surface area (Å²) in [5.74, 6) is -0.156. The largest absolute Gasteiger partial charge is 0.487 e. The zero-order chi connectivity index (χ0) is 24.9. The van der Waals surface area contributed by atoms with E-state index in [4.69, 9.17) is 4.74 Å². The molecule has 0 aliphatic heterocycles. The van der Waals surface area contributed by atoms with Gasteiger partial charge in [0.1, 0.15) is 40.9 Å². The maximum atomic E-state index is 13.1. The third-order valence-corrected chi connectivity index (χ3v) is 8.31. The SMILES string of the molecule is N#C/C(=C\c1cc(I)c(OCc2ccc(F)cc2)c(I)c1)C(=O)Nc1sc2c(c1C#N)CCCC2. The lowest BCUT2D eigenvalue weighted by Gasteiger charge is -2.12. The molecule has 0 unspecified atom stereocenters. The summed E-state index contributed by atoms with van der Waals surface area (Å²) >= 11 is 5.72. The monoisotopic (exact) mass is 709 g/mol. The molecule has 1 N–H and O–H groups in total. The van der Waals surface area contributed by atoms with Crippen LogP contribution in [0.5, 0.6) is 5.75 Å². The molecule has 0 saturated heterocycles. The second-order valence-electron chi connectivity index (χ2n) is 7.88. The van der Waals surface area contributed by atoms with Gasteiger partial charge in [0.05, 0.1) is 12.7 Å². The Morgan fingerprint density at radius 1 is 1.14 bits per heavy atom. The molecule has 176 valence electrons.